The number of pyridine rings is 1. The van der Waals surface area contributed by atoms with Crippen LogP contribution in [0, 0.1) is 0 Å². The molecule has 0 atom stereocenters. The molecule has 0 amide bonds. The summed E-state index contributed by atoms with van der Waals surface area (Å²) in [5, 5.41) is 0. The Labute approximate surface area is 101 Å². The quantitative estimate of drug-likeness (QED) is 0.799. The molecule has 0 N–H and O–H groups in total. The predicted molar refractivity (Wildman–Crippen MR) is 68.7 cm³/mol. The second kappa shape index (κ2) is 5.39. The number of benzene rings is 1. The molecular weight excluding hydrogens is 210 g/mol. The molecule has 17 heavy (non-hydrogen) atoms. The average Bonchev–Trinajstić information content (AvgIpc) is 2.38. The van der Waals surface area contributed by atoms with E-state index in [1.165, 1.54) is 5.56 Å². The van der Waals surface area contributed by atoms with Gasteiger partial charge in [-0.1, -0.05) is 24.3 Å². The van der Waals surface area contributed by atoms with E-state index in [1.807, 2.05) is 30.3 Å². The summed E-state index contributed by atoms with van der Waals surface area (Å²) in [5.74, 6) is 0.230. The maximum atomic E-state index is 11.0. The van der Waals surface area contributed by atoms with Crippen molar-refractivity contribution < 1.29 is 4.79 Å². The van der Waals surface area contributed by atoms with Gasteiger partial charge in [-0.2, -0.15) is 0 Å². The molecule has 0 aliphatic rings. The fourth-order valence-corrected chi connectivity index (χ4v) is 1.74. The van der Waals surface area contributed by atoms with Crippen molar-refractivity contribution in [3.05, 3.63) is 54.2 Å². The highest BCUT2D eigenvalue weighted by atomic mass is 16.1. The Bertz CT molecular complexity index is 505. The van der Waals surface area contributed by atoms with Gasteiger partial charge >= 0.3 is 0 Å². The van der Waals surface area contributed by atoms with E-state index in [0.717, 1.165) is 17.7 Å². The molecule has 2 rings (SSSR count). The van der Waals surface area contributed by atoms with Crippen LogP contribution in [0.5, 0.6) is 0 Å². The Balaban J connectivity index is 2.20. The second-order valence-electron chi connectivity index (χ2n) is 4.12. The number of carbonyl (C=O) groups is 1. The van der Waals surface area contributed by atoms with Crippen LogP contribution in [0.1, 0.15) is 18.9 Å². The van der Waals surface area contributed by atoms with Crippen LogP contribution in [-0.4, -0.2) is 10.8 Å². The number of carbonyl (C=O) groups excluding carboxylic acids is 1. The summed E-state index contributed by atoms with van der Waals surface area (Å²) >= 11 is 0. The Hall–Kier alpha value is -1.96. The standard InChI is InChI=1S/C15H15NO/c1-12(17)8-9-13-5-4-6-14(11-13)15-7-2-3-10-16-15/h2-7,10-11H,8-9H2,1H3. The third kappa shape index (κ3) is 3.25. The number of hydrogen-bond donors (Lipinski definition) is 0. The van der Waals surface area contributed by atoms with Gasteiger partial charge in [0.2, 0.25) is 0 Å². The van der Waals surface area contributed by atoms with Gasteiger partial charge in [0.25, 0.3) is 0 Å². The van der Waals surface area contributed by atoms with Crippen LogP contribution in [-0.2, 0) is 11.2 Å². The van der Waals surface area contributed by atoms with Crippen molar-refractivity contribution in [1.82, 2.24) is 4.98 Å². The molecule has 2 nitrogen and oxygen atoms in total. The van der Waals surface area contributed by atoms with Crippen molar-refractivity contribution in [2.45, 2.75) is 19.8 Å². The van der Waals surface area contributed by atoms with Gasteiger partial charge in [-0.05, 0) is 37.1 Å². The highest BCUT2D eigenvalue weighted by Crippen LogP contribution is 2.18. The van der Waals surface area contributed by atoms with Gasteiger partial charge < -0.3 is 4.79 Å². The maximum absolute atomic E-state index is 11.0. The van der Waals surface area contributed by atoms with Gasteiger partial charge in [0.05, 0.1) is 5.69 Å². The van der Waals surface area contributed by atoms with Crippen LogP contribution in [0.3, 0.4) is 0 Å². The molecule has 1 aromatic carbocycles. The first-order valence-electron chi connectivity index (χ1n) is 5.75. The molecule has 0 saturated heterocycles. The van der Waals surface area contributed by atoms with Gasteiger partial charge in [-0.15, -0.1) is 0 Å². The summed E-state index contributed by atoms with van der Waals surface area (Å²) in [6, 6.07) is 14.1. The van der Waals surface area contributed by atoms with Crippen molar-refractivity contribution in [3.63, 3.8) is 0 Å². The number of nitrogens with zero attached hydrogens (tertiary/aromatic N) is 1. The van der Waals surface area contributed by atoms with E-state index >= 15 is 0 Å². The second-order valence-corrected chi connectivity index (χ2v) is 4.12. The lowest BCUT2D eigenvalue weighted by molar-refractivity contribution is -0.116. The lowest BCUT2D eigenvalue weighted by Crippen LogP contribution is -1.94. The lowest BCUT2D eigenvalue weighted by atomic mass is 10.0. The van der Waals surface area contributed by atoms with Crippen molar-refractivity contribution in [2.24, 2.45) is 0 Å². The van der Waals surface area contributed by atoms with Gasteiger partial charge in [-0.25, -0.2) is 0 Å². The van der Waals surface area contributed by atoms with Crippen molar-refractivity contribution >= 4 is 5.78 Å². The maximum Gasteiger partial charge on any atom is 0.130 e. The number of hydrogen-bond acceptors (Lipinski definition) is 2. The van der Waals surface area contributed by atoms with Gasteiger partial charge in [0.1, 0.15) is 5.78 Å². The number of aryl methyl sites for hydroxylation is 1. The first kappa shape index (κ1) is 11.5. The summed E-state index contributed by atoms with van der Waals surface area (Å²) in [6.45, 7) is 1.63. The largest absolute Gasteiger partial charge is 0.300 e. The molecule has 0 fully saturated rings. The molecule has 2 heteroatoms. The fourth-order valence-electron chi connectivity index (χ4n) is 1.74. The summed E-state index contributed by atoms with van der Waals surface area (Å²) in [7, 11) is 0. The predicted octanol–water partition coefficient (Wildman–Crippen LogP) is 3.27. The Morgan fingerprint density at radius 1 is 1.18 bits per heavy atom. The van der Waals surface area contributed by atoms with Crippen LogP contribution in [0.2, 0.25) is 0 Å². The third-order valence-electron chi connectivity index (χ3n) is 2.65. The minimum Gasteiger partial charge on any atom is -0.300 e. The molecule has 0 spiro atoms. The molecule has 86 valence electrons. The van der Waals surface area contributed by atoms with Crippen LogP contribution >= 0.6 is 0 Å². The van der Waals surface area contributed by atoms with Crippen molar-refractivity contribution in [3.8, 4) is 11.3 Å². The molecule has 0 aliphatic carbocycles. The molecular formula is C15H15NO. The Morgan fingerprint density at radius 3 is 2.76 bits per heavy atom. The first-order valence-corrected chi connectivity index (χ1v) is 5.75. The fraction of sp³-hybridized carbons (Fsp3) is 0.200. The minimum atomic E-state index is 0.230. The Morgan fingerprint density at radius 2 is 2.06 bits per heavy atom. The van der Waals surface area contributed by atoms with Crippen LogP contribution in [0.4, 0.5) is 0 Å². The van der Waals surface area contributed by atoms with Gasteiger partial charge in [0.15, 0.2) is 0 Å². The molecule has 0 unspecified atom stereocenters. The highest BCUT2D eigenvalue weighted by Gasteiger charge is 2.01. The summed E-state index contributed by atoms with van der Waals surface area (Å²) < 4.78 is 0. The average molecular weight is 225 g/mol. The van der Waals surface area contributed by atoms with E-state index in [9.17, 15) is 4.79 Å². The Kier molecular flexibility index (Phi) is 3.66. The van der Waals surface area contributed by atoms with Gasteiger partial charge in [-0.3, -0.25) is 4.98 Å². The van der Waals surface area contributed by atoms with Gasteiger partial charge in [0, 0.05) is 18.2 Å². The van der Waals surface area contributed by atoms with Crippen molar-refractivity contribution in [1.29, 1.82) is 0 Å². The van der Waals surface area contributed by atoms with Crippen LogP contribution in [0.15, 0.2) is 48.7 Å². The van der Waals surface area contributed by atoms with E-state index in [4.69, 9.17) is 0 Å². The zero-order valence-corrected chi connectivity index (χ0v) is 9.89. The van der Waals surface area contributed by atoms with E-state index in [0.29, 0.717) is 6.42 Å². The van der Waals surface area contributed by atoms with Crippen LogP contribution in [0.25, 0.3) is 11.3 Å². The van der Waals surface area contributed by atoms with E-state index in [1.54, 1.807) is 13.1 Å². The number of aromatic nitrogens is 1. The molecule has 0 bridgehead atoms. The normalized spacial score (nSPS) is 10.2. The highest BCUT2D eigenvalue weighted by molar-refractivity contribution is 5.75. The zero-order valence-electron chi connectivity index (χ0n) is 9.89. The van der Waals surface area contributed by atoms with Crippen LogP contribution < -0.4 is 0 Å². The molecule has 0 radical (unpaired) electrons. The topological polar surface area (TPSA) is 30.0 Å². The van der Waals surface area contributed by atoms with E-state index < -0.39 is 0 Å². The molecule has 1 aromatic heterocycles. The van der Waals surface area contributed by atoms with Crippen molar-refractivity contribution in [2.75, 3.05) is 0 Å². The number of rotatable bonds is 4. The van der Waals surface area contributed by atoms with E-state index in [2.05, 4.69) is 17.1 Å². The number of Topliss-reactive ketones (excluding diaryl/α,β-unsaturated/α-hetero) is 1. The summed E-state index contributed by atoms with van der Waals surface area (Å²) in [6.07, 6.45) is 3.19. The summed E-state index contributed by atoms with van der Waals surface area (Å²) in [5.41, 5.74) is 3.26. The molecule has 0 aliphatic heterocycles. The lowest BCUT2D eigenvalue weighted by Gasteiger charge is -2.04. The zero-order chi connectivity index (χ0) is 12.1. The monoisotopic (exact) mass is 225 g/mol. The minimum absolute atomic E-state index is 0.230. The summed E-state index contributed by atoms with van der Waals surface area (Å²) in [4.78, 5) is 15.3. The molecule has 0 saturated carbocycles. The molecule has 1 heterocycles. The molecule has 2 aromatic rings. The first-order chi connectivity index (χ1) is 8.25. The smallest absolute Gasteiger partial charge is 0.130 e. The SMILES string of the molecule is CC(=O)CCc1cccc(-c2ccccn2)c1. The van der Waals surface area contributed by atoms with E-state index in [-0.39, 0.29) is 5.78 Å². The third-order valence-corrected chi connectivity index (χ3v) is 2.65. The number of ketones is 1.